The van der Waals surface area contributed by atoms with Crippen LogP contribution in [0.3, 0.4) is 0 Å². The summed E-state index contributed by atoms with van der Waals surface area (Å²) in [7, 11) is 0. The normalized spacial score (nSPS) is 9.75. The Morgan fingerprint density at radius 2 is 2.38 bits per heavy atom. The van der Waals surface area contributed by atoms with Gasteiger partial charge in [0.2, 0.25) is 0 Å². The molecule has 1 aromatic heterocycles. The van der Waals surface area contributed by atoms with Gasteiger partial charge >= 0.3 is 6.03 Å². The molecule has 1 heterocycles. The summed E-state index contributed by atoms with van der Waals surface area (Å²) in [4.78, 5) is 11.3. The molecule has 16 heavy (non-hydrogen) atoms. The lowest BCUT2D eigenvalue weighted by Gasteiger charge is -2.04. The molecule has 5 nitrogen and oxygen atoms in total. The zero-order chi connectivity index (χ0) is 11.6. The number of anilines is 1. The van der Waals surface area contributed by atoms with Crippen molar-refractivity contribution in [2.45, 2.75) is 25.7 Å². The van der Waals surface area contributed by atoms with E-state index in [-0.39, 0.29) is 6.03 Å². The predicted octanol–water partition coefficient (Wildman–Crippen LogP) is 2.22. The second-order valence-corrected chi connectivity index (χ2v) is 4.30. The van der Waals surface area contributed by atoms with Gasteiger partial charge in [-0.1, -0.05) is 23.1 Å². The van der Waals surface area contributed by atoms with Gasteiger partial charge in [0.25, 0.3) is 0 Å². The summed E-state index contributed by atoms with van der Waals surface area (Å²) in [6, 6.07) is -0.208. The van der Waals surface area contributed by atoms with Crippen molar-refractivity contribution >= 4 is 40.2 Å². The van der Waals surface area contributed by atoms with E-state index in [4.69, 9.17) is 12.2 Å². The van der Waals surface area contributed by atoms with Crippen LogP contribution in [0.2, 0.25) is 0 Å². The number of aromatic nitrogens is 2. The van der Waals surface area contributed by atoms with Crippen molar-refractivity contribution in [1.82, 2.24) is 14.9 Å². The highest BCUT2D eigenvalue weighted by Gasteiger charge is 2.01. The van der Waals surface area contributed by atoms with Crippen molar-refractivity contribution < 1.29 is 4.79 Å². The van der Waals surface area contributed by atoms with Gasteiger partial charge < -0.3 is 5.32 Å². The van der Waals surface area contributed by atoms with Crippen LogP contribution in [0.4, 0.5) is 9.80 Å². The molecule has 88 valence electrons. The molecule has 0 bridgehead atoms. The zero-order valence-corrected chi connectivity index (χ0v) is 10.4. The van der Waals surface area contributed by atoms with Gasteiger partial charge in [0.05, 0.1) is 6.20 Å². The monoisotopic (exact) mass is 258 g/mol. The van der Waals surface area contributed by atoms with Gasteiger partial charge in [0, 0.05) is 18.1 Å². The van der Waals surface area contributed by atoms with Crippen LogP contribution in [0.5, 0.6) is 0 Å². The molecule has 0 spiro atoms. The maximum absolute atomic E-state index is 11.3. The topological polar surface area (TPSA) is 66.9 Å². The molecule has 0 atom stereocenters. The van der Waals surface area contributed by atoms with E-state index in [2.05, 4.69) is 20.2 Å². The first-order valence-electron chi connectivity index (χ1n) is 5.09. The van der Waals surface area contributed by atoms with Gasteiger partial charge in [-0.25, -0.2) is 4.79 Å². The first-order valence-corrected chi connectivity index (χ1v) is 6.33. The smallest absolute Gasteiger partial charge is 0.319 e. The molecular formula is C9H14N4OS2. The fourth-order valence-electron chi connectivity index (χ4n) is 1.11. The van der Waals surface area contributed by atoms with Crippen LogP contribution in [-0.4, -0.2) is 27.5 Å². The largest absolute Gasteiger partial charge is 0.338 e. The zero-order valence-electron chi connectivity index (χ0n) is 8.81. The minimum Gasteiger partial charge on any atom is -0.338 e. The molecule has 0 saturated carbocycles. The van der Waals surface area contributed by atoms with Crippen LogP contribution < -0.4 is 10.6 Å². The van der Waals surface area contributed by atoms with Crippen molar-refractivity contribution in [3.63, 3.8) is 0 Å². The summed E-state index contributed by atoms with van der Waals surface area (Å²) in [5, 5.41) is 11.4. The third-order valence-corrected chi connectivity index (χ3v) is 2.70. The number of rotatable bonds is 7. The van der Waals surface area contributed by atoms with Crippen LogP contribution in [0.25, 0.3) is 0 Å². The second-order valence-electron chi connectivity index (χ2n) is 3.18. The molecule has 0 aliphatic carbocycles. The molecule has 7 heteroatoms. The Morgan fingerprint density at radius 3 is 3.06 bits per heavy atom. The van der Waals surface area contributed by atoms with Crippen LogP contribution in [0.1, 0.15) is 25.7 Å². The SMILES string of the molecule is O=C(NCCCCCC=S)Nc1cnns1. The Labute approximate surface area is 104 Å². The van der Waals surface area contributed by atoms with Crippen molar-refractivity contribution in [3.8, 4) is 0 Å². The number of carbonyl (C=O) groups excluding carboxylic acids is 1. The van der Waals surface area contributed by atoms with Gasteiger partial charge in [-0.05, 0) is 24.6 Å². The van der Waals surface area contributed by atoms with Gasteiger partial charge in [-0.15, -0.1) is 5.10 Å². The summed E-state index contributed by atoms with van der Waals surface area (Å²) in [6.07, 6.45) is 5.62. The number of nitrogens with one attached hydrogen (secondary N) is 2. The Balaban J connectivity index is 2.00. The molecule has 0 aromatic carbocycles. The standard InChI is InChI=1S/C9H14N4OS2/c14-9(12-8-7-11-13-16-8)10-5-3-1-2-4-6-15/h6-7H,1-5H2,(H2,10,12,14). The lowest BCUT2D eigenvalue weighted by atomic mass is 10.2. The summed E-state index contributed by atoms with van der Waals surface area (Å²) >= 11 is 5.87. The van der Waals surface area contributed by atoms with Gasteiger partial charge in [0.1, 0.15) is 5.00 Å². The average molecular weight is 258 g/mol. The molecule has 0 radical (unpaired) electrons. The van der Waals surface area contributed by atoms with Crippen LogP contribution in [0.15, 0.2) is 6.20 Å². The third kappa shape index (κ3) is 5.72. The van der Waals surface area contributed by atoms with Gasteiger partial charge in [-0.3, -0.25) is 5.32 Å². The predicted molar refractivity (Wildman–Crippen MR) is 69.1 cm³/mol. The van der Waals surface area contributed by atoms with E-state index in [9.17, 15) is 4.79 Å². The number of nitrogens with zero attached hydrogens (tertiary/aromatic N) is 2. The summed E-state index contributed by atoms with van der Waals surface area (Å²) < 4.78 is 3.64. The Kier molecular flexibility index (Phi) is 6.59. The Hall–Kier alpha value is -1.08. The van der Waals surface area contributed by atoms with Crippen molar-refractivity contribution in [2.75, 3.05) is 11.9 Å². The number of thiocarbonyl (C=S) groups is 1. The third-order valence-electron chi connectivity index (χ3n) is 1.88. The summed E-state index contributed by atoms with van der Waals surface area (Å²) in [5.74, 6) is 0. The highest BCUT2D eigenvalue weighted by atomic mass is 32.1. The minimum absolute atomic E-state index is 0.208. The van der Waals surface area contributed by atoms with Crippen molar-refractivity contribution in [2.24, 2.45) is 0 Å². The van der Waals surface area contributed by atoms with E-state index in [0.717, 1.165) is 37.2 Å². The van der Waals surface area contributed by atoms with Gasteiger partial charge in [0.15, 0.2) is 0 Å². The van der Waals surface area contributed by atoms with E-state index < -0.39 is 0 Å². The van der Waals surface area contributed by atoms with Crippen LogP contribution >= 0.6 is 23.8 Å². The second kappa shape index (κ2) is 8.12. The summed E-state index contributed by atoms with van der Waals surface area (Å²) in [6.45, 7) is 0.676. The van der Waals surface area contributed by atoms with E-state index in [1.807, 2.05) is 0 Å². The lowest BCUT2D eigenvalue weighted by molar-refractivity contribution is 0.252. The maximum atomic E-state index is 11.3. The van der Waals surface area contributed by atoms with E-state index in [1.165, 1.54) is 6.20 Å². The molecule has 2 amide bonds. The molecule has 0 unspecified atom stereocenters. The van der Waals surface area contributed by atoms with Crippen molar-refractivity contribution in [1.29, 1.82) is 0 Å². The first-order chi connectivity index (χ1) is 7.83. The molecular weight excluding hydrogens is 244 g/mol. The molecule has 0 saturated heterocycles. The fraction of sp³-hybridized carbons (Fsp3) is 0.556. The van der Waals surface area contributed by atoms with Crippen LogP contribution in [0, 0.1) is 0 Å². The number of hydrogen-bond donors (Lipinski definition) is 2. The molecule has 1 aromatic rings. The summed E-state index contributed by atoms with van der Waals surface area (Å²) in [5.41, 5.74) is 0. The number of amides is 2. The van der Waals surface area contributed by atoms with E-state index >= 15 is 0 Å². The molecule has 0 aliphatic heterocycles. The van der Waals surface area contributed by atoms with E-state index in [0.29, 0.717) is 11.5 Å². The fourth-order valence-corrected chi connectivity index (χ4v) is 1.69. The number of hydrogen-bond acceptors (Lipinski definition) is 5. The average Bonchev–Trinajstić information content (AvgIpc) is 2.76. The molecule has 0 aliphatic rings. The molecule has 0 fully saturated rings. The Bertz CT molecular complexity index is 315. The van der Waals surface area contributed by atoms with Crippen molar-refractivity contribution in [3.05, 3.63) is 6.20 Å². The quantitative estimate of drug-likeness (QED) is 0.581. The Morgan fingerprint density at radius 1 is 1.50 bits per heavy atom. The number of carbonyl (C=O) groups is 1. The maximum Gasteiger partial charge on any atom is 0.319 e. The number of unbranched alkanes of at least 4 members (excludes halogenated alkanes) is 3. The number of urea groups is 1. The first kappa shape index (κ1) is 13.0. The lowest BCUT2D eigenvalue weighted by Crippen LogP contribution is -2.29. The molecule has 2 N–H and O–H groups in total. The van der Waals surface area contributed by atoms with E-state index in [1.54, 1.807) is 5.37 Å². The van der Waals surface area contributed by atoms with Gasteiger partial charge in [-0.2, -0.15) is 0 Å². The highest BCUT2D eigenvalue weighted by Crippen LogP contribution is 2.08. The molecule has 1 rings (SSSR count). The minimum atomic E-state index is -0.208. The highest BCUT2D eigenvalue weighted by molar-refractivity contribution is 7.78. The van der Waals surface area contributed by atoms with Crippen LogP contribution in [-0.2, 0) is 0 Å².